The first kappa shape index (κ1) is 14.9. The molecule has 0 spiro atoms. The Kier molecular flexibility index (Phi) is 4.94. The van der Waals surface area contributed by atoms with E-state index in [-0.39, 0.29) is 11.7 Å². The lowest BCUT2D eigenvalue weighted by molar-refractivity contribution is 0.390. The molecule has 1 atom stereocenters. The summed E-state index contributed by atoms with van der Waals surface area (Å²) in [5.41, 5.74) is 0.829. The van der Waals surface area contributed by atoms with Gasteiger partial charge in [0.05, 0.1) is 23.0 Å². The van der Waals surface area contributed by atoms with Crippen molar-refractivity contribution in [2.45, 2.75) is 26.3 Å². The predicted octanol–water partition coefficient (Wildman–Crippen LogP) is 1.21. The third kappa shape index (κ3) is 4.24. The van der Waals surface area contributed by atoms with Gasteiger partial charge >= 0.3 is 0 Å². The molecule has 2 heterocycles. The van der Waals surface area contributed by atoms with Crippen LogP contribution in [0, 0.1) is 12.8 Å². The molecule has 1 aromatic rings. The molecule has 1 N–H and O–H groups in total. The zero-order valence-corrected chi connectivity index (χ0v) is 13.1. The van der Waals surface area contributed by atoms with Gasteiger partial charge in [0.2, 0.25) is 10.0 Å². The summed E-state index contributed by atoms with van der Waals surface area (Å²) in [6.45, 7) is 4.11. The van der Waals surface area contributed by atoms with E-state index in [1.807, 2.05) is 12.3 Å². The highest BCUT2D eigenvalue weighted by Crippen LogP contribution is 2.17. The summed E-state index contributed by atoms with van der Waals surface area (Å²) < 4.78 is 26.0. The van der Waals surface area contributed by atoms with Gasteiger partial charge in [0.1, 0.15) is 0 Å². The lowest BCUT2D eigenvalue weighted by Gasteiger charge is -2.25. The molecule has 1 fully saturated rings. The molecular formula is C12H21N3O2S2. The highest BCUT2D eigenvalue weighted by Gasteiger charge is 2.25. The minimum absolute atomic E-state index is 0.235. The number of hydrogen-bond donors (Lipinski definition) is 1. The van der Waals surface area contributed by atoms with Crippen molar-refractivity contribution in [1.29, 1.82) is 0 Å². The van der Waals surface area contributed by atoms with Crippen LogP contribution in [0.2, 0.25) is 0 Å². The van der Waals surface area contributed by atoms with Crippen LogP contribution < -0.4 is 5.32 Å². The number of thiazole rings is 1. The third-order valence-electron chi connectivity index (χ3n) is 3.37. The second-order valence-corrected chi connectivity index (χ2v) is 8.29. The van der Waals surface area contributed by atoms with Crippen molar-refractivity contribution < 1.29 is 8.42 Å². The van der Waals surface area contributed by atoms with Crippen molar-refractivity contribution in [3.05, 3.63) is 16.1 Å². The molecule has 108 valence electrons. The SMILES string of the molecule is Cc1nc(CN(C)S(=O)(=O)CC2CCCNC2)cs1. The molecule has 0 bridgehead atoms. The maximum absolute atomic E-state index is 12.3. The molecule has 0 saturated carbocycles. The van der Waals surface area contributed by atoms with Crippen molar-refractivity contribution in [3.8, 4) is 0 Å². The van der Waals surface area contributed by atoms with E-state index in [4.69, 9.17) is 0 Å². The molecule has 1 aromatic heterocycles. The van der Waals surface area contributed by atoms with E-state index in [9.17, 15) is 8.42 Å². The van der Waals surface area contributed by atoms with Crippen LogP contribution in [0.15, 0.2) is 5.38 Å². The van der Waals surface area contributed by atoms with Crippen LogP contribution in [0.25, 0.3) is 0 Å². The van der Waals surface area contributed by atoms with Crippen LogP contribution in [0.5, 0.6) is 0 Å². The van der Waals surface area contributed by atoms with Crippen LogP contribution in [0.3, 0.4) is 0 Å². The van der Waals surface area contributed by atoms with Gasteiger partial charge in [0.15, 0.2) is 0 Å². The fraction of sp³-hybridized carbons (Fsp3) is 0.750. The van der Waals surface area contributed by atoms with Crippen LogP contribution >= 0.6 is 11.3 Å². The zero-order valence-electron chi connectivity index (χ0n) is 11.4. The molecule has 0 amide bonds. The summed E-state index contributed by atoms with van der Waals surface area (Å²) >= 11 is 1.55. The number of hydrogen-bond acceptors (Lipinski definition) is 5. The Morgan fingerprint density at radius 1 is 1.58 bits per heavy atom. The van der Waals surface area contributed by atoms with Crippen LogP contribution in [0.1, 0.15) is 23.5 Å². The Labute approximate surface area is 119 Å². The van der Waals surface area contributed by atoms with Gasteiger partial charge < -0.3 is 5.32 Å². The van der Waals surface area contributed by atoms with E-state index in [1.165, 1.54) is 4.31 Å². The maximum Gasteiger partial charge on any atom is 0.214 e. The highest BCUT2D eigenvalue weighted by atomic mass is 32.2. The van der Waals surface area contributed by atoms with Gasteiger partial charge in [0.25, 0.3) is 0 Å². The Morgan fingerprint density at radius 3 is 2.95 bits per heavy atom. The number of piperidine rings is 1. The van der Waals surface area contributed by atoms with E-state index >= 15 is 0 Å². The Hall–Kier alpha value is -0.500. The number of aryl methyl sites for hydroxylation is 1. The van der Waals surface area contributed by atoms with E-state index in [2.05, 4.69) is 10.3 Å². The third-order valence-corrected chi connectivity index (χ3v) is 6.17. The molecule has 1 aliphatic heterocycles. The maximum atomic E-state index is 12.3. The normalized spacial score (nSPS) is 20.9. The first-order valence-electron chi connectivity index (χ1n) is 6.53. The average molecular weight is 303 g/mol. The average Bonchev–Trinajstić information content (AvgIpc) is 2.75. The summed E-state index contributed by atoms with van der Waals surface area (Å²) in [6, 6.07) is 0. The van der Waals surface area contributed by atoms with Crippen LogP contribution in [-0.4, -0.2) is 43.6 Å². The molecule has 0 aliphatic carbocycles. The minimum Gasteiger partial charge on any atom is -0.316 e. The van der Waals surface area contributed by atoms with Gasteiger partial charge in [-0.25, -0.2) is 13.4 Å². The number of nitrogens with zero attached hydrogens (tertiary/aromatic N) is 2. The molecule has 1 aliphatic rings. The van der Waals surface area contributed by atoms with Crippen LogP contribution in [-0.2, 0) is 16.6 Å². The molecule has 1 unspecified atom stereocenters. The molecular weight excluding hydrogens is 282 g/mol. The Balaban J connectivity index is 1.94. The van der Waals surface area contributed by atoms with E-state index in [1.54, 1.807) is 18.4 Å². The summed E-state index contributed by atoms with van der Waals surface area (Å²) in [6.07, 6.45) is 2.06. The number of sulfonamides is 1. The second kappa shape index (κ2) is 6.30. The topological polar surface area (TPSA) is 62.3 Å². The smallest absolute Gasteiger partial charge is 0.214 e. The summed E-state index contributed by atoms with van der Waals surface area (Å²) in [5.74, 6) is 0.470. The highest BCUT2D eigenvalue weighted by molar-refractivity contribution is 7.89. The lowest BCUT2D eigenvalue weighted by atomic mass is 10.0. The standard InChI is InChI=1S/C12H21N3O2S2/c1-10-14-12(8-18-10)7-15(2)19(16,17)9-11-4-3-5-13-6-11/h8,11,13H,3-7,9H2,1-2H3. The predicted molar refractivity (Wildman–Crippen MR) is 77.7 cm³/mol. The first-order valence-corrected chi connectivity index (χ1v) is 9.02. The number of rotatable bonds is 5. The van der Waals surface area contributed by atoms with Gasteiger partial charge in [-0.3, -0.25) is 0 Å². The molecule has 1 saturated heterocycles. The molecule has 19 heavy (non-hydrogen) atoms. The molecule has 0 aromatic carbocycles. The second-order valence-electron chi connectivity index (χ2n) is 5.10. The fourth-order valence-corrected chi connectivity index (χ4v) is 4.37. The van der Waals surface area contributed by atoms with Crippen molar-refractivity contribution >= 4 is 21.4 Å². The summed E-state index contributed by atoms with van der Waals surface area (Å²) in [5, 5.41) is 6.15. The van der Waals surface area contributed by atoms with Gasteiger partial charge in [-0.05, 0) is 38.8 Å². The molecule has 5 nitrogen and oxygen atoms in total. The first-order chi connectivity index (χ1) is 8.97. The lowest BCUT2D eigenvalue weighted by Crippen LogP contribution is -2.38. The van der Waals surface area contributed by atoms with E-state index in [0.29, 0.717) is 6.54 Å². The van der Waals surface area contributed by atoms with Gasteiger partial charge in [0, 0.05) is 12.4 Å². The quantitative estimate of drug-likeness (QED) is 0.888. The largest absolute Gasteiger partial charge is 0.316 e. The number of aromatic nitrogens is 1. The molecule has 0 radical (unpaired) electrons. The Bertz CT molecular complexity index is 507. The number of nitrogens with one attached hydrogen (secondary N) is 1. The van der Waals surface area contributed by atoms with Crippen molar-refractivity contribution in [2.75, 3.05) is 25.9 Å². The summed E-state index contributed by atoms with van der Waals surface area (Å²) in [4.78, 5) is 4.31. The zero-order chi connectivity index (χ0) is 13.9. The summed E-state index contributed by atoms with van der Waals surface area (Å²) in [7, 11) is -1.55. The molecule has 2 rings (SSSR count). The fourth-order valence-electron chi connectivity index (χ4n) is 2.30. The Morgan fingerprint density at radius 2 is 2.37 bits per heavy atom. The van der Waals surface area contributed by atoms with Gasteiger partial charge in [-0.15, -0.1) is 11.3 Å². The van der Waals surface area contributed by atoms with E-state index in [0.717, 1.165) is 36.6 Å². The van der Waals surface area contributed by atoms with Crippen molar-refractivity contribution in [1.82, 2.24) is 14.6 Å². The minimum atomic E-state index is -3.19. The van der Waals surface area contributed by atoms with Gasteiger partial charge in [-0.1, -0.05) is 0 Å². The monoisotopic (exact) mass is 303 g/mol. The van der Waals surface area contributed by atoms with Gasteiger partial charge in [-0.2, -0.15) is 4.31 Å². The molecule has 7 heteroatoms. The van der Waals surface area contributed by atoms with Crippen LogP contribution in [0.4, 0.5) is 0 Å². The van der Waals surface area contributed by atoms with Crippen molar-refractivity contribution in [3.63, 3.8) is 0 Å². The van der Waals surface area contributed by atoms with Crippen molar-refractivity contribution in [2.24, 2.45) is 5.92 Å². The van der Waals surface area contributed by atoms with E-state index < -0.39 is 10.0 Å².